The van der Waals surface area contributed by atoms with E-state index in [-0.39, 0.29) is 12.3 Å². The number of hydrogen-bond donors (Lipinski definition) is 1. The molecule has 1 aromatic heterocycles. The molecule has 0 bridgehead atoms. The normalized spacial score (nSPS) is 19.5. The van der Waals surface area contributed by atoms with Crippen molar-refractivity contribution in [1.82, 2.24) is 5.16 Å². The molecule has 4 nitrogen and oxygen atoms in total. The number of fused-ring (bicyclic) bond motifs is 1. The van der Waals surface area contributed by atoms with Gasteiger partial charge in [-0.1, -0.05) is 19.0 Å². The van der Waals surface area contributed by atoms with Crippen molar-refractivity contribution in [2.75, 3.05) is 0 Å². The largest absolute Gasteiger partial charge is 0.481 e. The van der Waals surface area contributed by atoms with E-state index in [1.165, 1.54) is 0 Å². The van der Waals surface area contributed by atoms with Gasteiger partial charge in [-0.25, -0.2) is 0 Å². The van der Waals surface area contributed by atoms with Gasteiger partial charge in [-0.2, -0.15) is 0 Å². The summed E-state index contributed by atoms with van der Waals surface area (Å²) in [5, 5.41) is 12.8. The second-order valence-corrected chi connectivity index (χ2v) is 4.39. The Bertz CT molecular complexity index is 381. The molecule has 0 amide bonds. The van der Waals surface area contributed by atoms with Crippen molar-refractivity contribution in [3.8, 4) is 0 Å². The highest BCUT2D eigenvalue weighted by Crippen LogP contribution is 2.39. The third-order valence-electron chi connectivity index (χ3n) is 2.93. The summed E-state index contributed by atoms with van der Waals surface area (Å²) in [7, 11) is 0. The molecule has 0 radical (unpaired) electrons. The third-order valence-corrected chi connectivity index (χ3v) is 2.93. The van der Waals surface area contributed by atoms with Crippen molar-refractivity contribution < 1.29 is 14.4 Å². The van der Waals surface area contributed by atoms with Gasteiger partial charge in [-0.3, -0.25) is 4.79 Å². The first-order chi connectivity index (χ1) is 7.09. The van der Waals surface area contributed by atoms with Gasteiger partial charge in [0.2, 0.25) is 0 Å². The first kappa shape index (κ1) is 10.2. The van der Waals surface area contributed by atoms with Crippen LogP contribution in [0.15, 0.2) is 4.52 Å². The average Bonchev–Trinajstić information content (AvgIpc) is 2.66. The maximum Gasteiger partial charge on any atom is 0.303 e. The van der Waals surface area contributed by atoms with E-state index in [9.17, 15) is 4.79 Å². The number of carboxylic acids is 1. The van der Waals surface area contributed by atoms with Crippen LogP contribution in [0.2, 0.25) is 0 Å². The summed E-state index contributed by atoms with van der Waals surface area (Å²) in [6.45, 7) is 4.10. The molecule has 1 heterocycles. The Morgan fingerprint density at radius 2 is 2.40 bits per heavy atom. The van der Waals surface area contributed by atoms with E-state index in [1.54, 1.807) is 0 Å². The maximum atomic E-state index is 10.7. The molecule has 0 fully saturated rings. The zero-order valence-corrected chi connectivity index (χ0v) is 8.99. The Morgan fingerprint density at radius 1 is 1.67 bits per heavy atom. The highest BCUT2D eigenvalue weighted by Gasteiger charge is 2.32. The van der Waals surface area contributed by atoms with E-state index in [0.29, 0.717) is 5.92 Å². The van der Waals surface area contributed by atoms with Crippen molar-refractivity contribution >= 4 is 5.97 Å². The SMILES string of the molecule is CC(C)c1noc2c1C(CC(=O)O)CC2. The molecular weight excluding hydrogens is 194 g/mol. The molecule has 1 unspecified atom stereocenters. The molecule has 1 aliphatic rings. The molecule has 0 saturated carbocycles. The Balaban J connectivity index is 2.30. The van der Waals surface area contributed by atoms with E-state index >= 15 is 0 Å². The first-order valence-electron chi connectivity index (χ1n) is 5.29. The minimum absolute atomic E-state index is 0.0983. The lowest BCUT2D eigenvalue weighted by molar-refractivity contribution is -0.137. The van der Waals surface area contributed by atoms with Crippen LogP contribution in [0.3, 0.4) is 0 Å². The van der Waals surface area contributed by atoms with Gasteiger partial charge in [0.15, 0.2) is 0 Å². The molecule has 0 spiro atoms. The van der Waals surface area contributed by atoms with Crippen LogP contribution in [-0.4, -0.2) is 16.2 Å². The van der Waals surface area contributed by atoms with Crippen LogP contribution >= 0.6 is 0 Å². The van der Waals surface area contributed by atoms with Crippen LogP contribution < -0.4 is 0 Å². The highest BCUT2D eigenvalue weighted by atomic mass is 16.5. The van der Waals surface area contributed by atoms with Crippen LogP contribution in [0.5, 0.6) is 0 Å². The minimum atomic E-state index is -0.747. The molecule has 1 aliphatic carbocycles. The number of nitrogens with zero attached hydrogens (tertiary/aromatic N) is 1. The number of hydrogen-bond acceptors (Lipinski definition) is 3. The molecular formula is C11H15NO3. The van der Waals surface area contributed by atoms with Gasteiger partial charge in [-0.15, -0.1) is 0 Å². The highest BCUT2D eigenvalue weighted by molar-refractivity contribution is 5.68. The van der Waals surface area contributed by atoms with Crippen molar-refractivity contribution in [2.45, 2.75) is 44.9 Å². The summed E-state index contributed by atoms with van der Waals surface area (Å²) < 4.78 is 5.24. The van der Waals surface area contributed by atoms with Crippen molar-refractivity contribution in [3.05, 3.63) is 17.0 Å². The van der Waals surface area contributed by atoms with E-state index in [0.717, 1.165) is 29.9 Å². The molecule has 1 atom stereocenters. The number of aryl methyl sites for hydroxylation is 1. The fourth-order valence-corrected chi connectivity index (χ4v) is 2.24. The molecule has 1 aromatic rings. The van der Waals surface area contributed by atoms with Gasteiger partial charge >= 0.3 is 5.97 Å². The molecule has 0 saturated heterocycles. The topological polar surface area (TPSA) is 63.3 Å². The van der Waals surface area contributed by atoms with Crippen molar-refractivity contribution in [2.24, 2.45) is 0 Å². The minimum Gasteiger partial charge on any atom is -0.481 e. The second-order valence-electron chi connectivity index (χ2n) is 4.39. The summed E-state index contributed by atoms with van der Waals surface area (Å²) >= 11 is 0. The number of carboxylic acid groups (broad SMARTS) is 1. The number of aromatic nitrogens is 1. The summed E-state index contributed by atoms with van der Waals surface area (Å²) in [6.07, 6.45) is 1.89. The fourth-order valence-electron chi connectivity index (χ4n) is 2.24. The van der Waals surface area contributed by atoms with Gasteiger partial charge < -0.3 is 9.63 Å². The summed E-state index contributed by atoms with van der Waals surface area (Å²) in [5.41, 5.74) is 2.00. The maximum absolute atomic E-state index is 10.7. The Labute approximate surface area is 88.3 Å². The third kappa shape index (κ3) is 1.76. The predicted molar refractivity (Wildman–Crippen MR) is 53.9 cm³/mol. The molecule has 4 heteroatoms. The van der Waals surface area contributed by atoms with Crippen LogP contribution in [0.25, 0.3) is 0 Å². The lowest BCUT2D eigenvalue weighted by Crippen LogP contribution is -2.05. The average molecular weight is 209 g/mol. The Kier molecular flexibility index (Phi) is 2.50. The number of rotatable bonds is 3. The van der Waals surface area contributed by atoms with Crippen LogP contribution in [-0.2, 0) is 11.2 Å². The quantitative estimate of drug-likeness (QED) is 0.829. The van der Waals surface area contributed by atoms with Crippen LogP contribution in [0.4, 0.5) is 0 Å². The van der Waals surface area contributed by atoms with E-state index in [4.69, 9.17) is 9.63 Å². The smallest absolute Gasteiger partial charge is 0.303 e. The second kappa shape index (κ2) is 3.68. The monoisotopic (exact) mass is 209 g/mol. The number of aliphatic carboxylic acids is 1. The fraction of sp³-hybridized carbons (Fsp3) is 0.636. The molecule has 0 aromatic carbocycles. The zero-order valence-electron chi connectivity index (χ0n) is 8.99. The van der Waals surface area contributed by atoms with Crippen molar-refractivity contribution in [3.63, 3.8) is 0 Å². The molecule has 82 valence electrons. The van der Waals surface area contributed by atoms with Gasteiger partial charge in [-0.05, 0) is 12.3 Å². The molecule has 15 heavy (non-hydrogen) atoms. The van der Waals surface area contributed by atoms with E-state index in [2.05, 4.69) is 5.16 Å². The predicted octanol–water partition coefficient (Wildman–Crippen LogP) is 2.30. The van der Waals surface area contributed by atoms with Gasteiger partial charge in [0.25, 0.3) is 0 Å². The van der Waals surface area contributed by atoms with Crippen molar-refractivity contribution in [1.29, 1.82) is 0 Å². The Hall–Kier alpha value is -1.32. The summed E-state index contributed by atoms with van der Waals surface area (Å²) in [6, 6.07) is 0. The lowest BCUT2D eigenvalue weighted by atomic mass is 9.94. The van der Waals surface area contributed by atoms with Gasteiger partial charge in [0.05, 0.1) is 12.1 Å². The van der Waals surface area contributed by atoms with E-state index in [1.807, 2.05) is 13.8 Å². The molecule has 2 rings (SSSR count). The number of carbonyl (C=O) groups is 1. The molecule has 0 aliphatic heterocycles. The zero-order chi connectivity index (χ0) is 11.0. The van der Waals surface area contributed by atoms with Crippen LogP contribution in [0.1, 0.15) is 55.5 Å². The van der Waals surface area contributed by atoms with E-state index < -0.39 is 5.97 Å². The standard InChI is InChI=1S/C11H15NO3/c1-6(2)11-10-7(5-9(13)14)3-4-8(10)15-12-11/h6-7H,3-5H2,1-2H3,(H,13,14). The summed E-state index contributed by atoms with van der Waals surface area (Å²) in [4.78, 5) is 10.7. The van der Waals surface area contributed by atoms with Gasteiger partial charge in [0, 0.05) is 17.9 Å². The molecule has 1 N–H and O–H groups in total. The van der Waals surface area contributed by atoms with Gasteiger partial charge in [0.1, 0.15) is 5.76 Å². The van der Waals surface area contributed by atoms with Crippen LogP contribution in [0, 0.1) is 0 Å². The lowest BCUT2D eigenvalue weighted by Gasteiger charge is -2.09. The Morgan fingerprint density at radius 3 is 3.00 bits per heavy atom. The first-order valence-corrected chi connectivity index (χ1v) is 5.29. The summed E-state index contributed by atoms with van der Waals surface area (Å²) in [5.74, 6) is 0.543.